The highest BCUT2D eigenvalue weighted by Crippen LogP contribution is 2.20. The van der Waals surface area contributed by atoms with E-state index in [2.05, 4.69) is 32.5 Å². The van der Waals surface area contributed by atoms with Crippen molar-refractivity contribution >= 4 is 11.6 Å². The Labute approximate surface area is 154 Å². The van der Waals surface area contributed by atoms with Crippen LogP contribution in [-0.2, 0) is 6.54 Å². The van der Waals surface area contributed by atoms with Crippen molar-refractivity contribution in [3.63, 3.8) is 0 Å². The van der Waals surface area contributed by atoms with Gasteiger partial charge >= 0.3 is 0 Å². The van der Waals surface area contributed by atoms with Gasteiger partial charge in [0.05, 0.1) is 0 Å². The van der Waals surface area contributed by atoms with Crippen molar-refractivity contribution in [3.05, 3.63) is 66.5 Å². The highest BCUT2D eigenvalue weighted by molar-refractivity contribution is 5.61. The summed E-state index contributed by atoms with van der Waals surface area (Å²) >= 11 is 0. The van der Waals surface area contributed by atoms with Crippen molar-refractivity contribution in [2.24, 2.45) is 0 Å². The van der Waals surface area contributed by atoms with Crippen molar-refractivity contribution < 1.29 is 0 Å². The van der Waals surface area contributed by atoms with Gasteiger partial charge < -0.3 is 10.6 Å². The van der Waals surface area contributed by atoms with Gasteiger partial charge in [-0.05, 0) is 18.1 Å². The maximum Gasteiger partial charge on any atom is 0.163 e. The molecule has 0 bridgehead atoms. The third kappa shape index (κ3) is 5.28. The molecule has 1 aromatic carbocycles. The Morgan fingerprint density at radius 1 is 0.885 bits per heavy atom. The summed E-state index contributed by atoms with van der Waals surface area (Å²) in [5, 5.41) is 6.81. The molecular weight excluding hydrogens is 322 g/mol. The van der Waals surface area contributed by atoms with Gasteiger partial charge in [-0.25, -0.2) is 9.97 Å². The molecule has 0 saturated heterocycles. The molecule has 2 aromatic heterocycles. The van der Waals surface area contributed by atoms with Crippen LogP contribution in [0.15, 0.2) is 60.9 Å². The quantitative estimate of drug-likeness (QED) is 0.547. The second kappa shape index (κ2) is 9.51. The molecule has 134 valence electrons. The lowest BCUT2D eigenvalue weighted by molar-refractivity contribution is 0.742. The largest absolute Gasteiger partial charge is 0.370 e. The minimum Gasteiger partial charge on any atom is -0.370 e. The fourth-order valence-electron chi connectivity index (χ4n) is 2.63. The lowest BCUT2D eigenvalue weighted by Crippen LogP contribution is -2.08. The van der Waals surface area contributed by atoms with Crippen molar-refractivity contribution in [2.75, 3.05) is 17.2 Å². The molecule has 5 nitrogen and oxygen atoms in total. The average Bonchev–Trinajstić information content (AvgIpc) is 2.71. The van der Waals surface area contributed by atoms with Gasteiger partial charge in [0.1, 0.15) is 11.6 Å². The van der Waals surface area contributed by atoms with E-state index < -0.39 is 0 Å². The predicted molar refractivity (Wildman–Crippen MR) is 107 cm³/mol. The molecule has 0 atom stereocenters. The fraction of sp³-hybridized carbons (Fsp3) is 0.286. The number of aromatic nitrogens is 3. The molecule has 0 spiro atoms. The molecule has 0 saturated carbocycles. The molecule has 0 fully saturated rings. The van der Waals surface area contributed by atoms with Crippen molar-refractivity contribution in [3.8, 4) is 11.4 Å². The van der Waals surface area contributed by atoms with E-state index in [0.29, 0.717) is 6.54 Å². The fourth-order valence-corrected chi connectivity index (χ4v) is 2.63. The number of nitrogens with one attached hydrogen (secondary N) is 2. The molecule has 0 aliphatic carbocycles. The first-order valence-corrected chi connectivity index (χ1v) is 9.16. The maximum atomic E-state index is 4.68. The van der Waals surface area contributed by atoms with Gasteiger partial charge in [-0.15, -0.1) is 0 Å². The molecule has 5 heteroatoms. The van der Waals surface area contributed by atoms with Gasteiger partial charge in [0.2, 0.25) is 0 Å². The summed E-state index contributed by atoms with van der Waals surface area (Å²) in [4.78, 5) is 13.5. The minimum absolute atomic E-state index is 0.675. The highest BCUT2D eigenvalue weighted by Gasteiger charge is 2.07. The van der Waals surface area contributed by atoms with Gasteiger partial charge in [-0.3, -0.25) is 4.98 Å². The number of rotatable bonds is 9. The summed E-state index contributed by atoms with van der Waals surface area (Å²) < 4.78 is 0. The predicted octanol–water partition coefficient (Wildman–Crippen LogP) is 4.75. The minimum atomic E-state index is 0.675. The molecule has 0 radical (unpaired) electrons. The molecular formula is C21H25N5. The summed E-state index contributed by atoms with van der Waals surface area (Å²) in [7, 11) is 0. The van der Waals surface area contributed by atoms with Crippen LogP contribution in [0.5, 0.6) is 0 Å². The Morgan fingerprint density at radius 2 is 1.69 bits per heavy atom. The average molecular weight is 347 g/mol. The number of anilines is 2. The van der Waals surface area contributed by atoms with E-state index in [1.807, 2.05) is 54.7 Å². The number of hydrogen-bond donors (Lipinski definition) is 2. The van der Waals surface area contributed by atoms with Crippen molar-refractivity contribution in [1.82, 2.24) is 15.0 Å². The highest BCUT2D eigenvalue weighted by atomic mass is 15.1. The smallest absolute Gasteiger partial charge is 0.163 e. The molecule has 0 aliphatic heterocycles. The van der Waals surface area contributed by atoms with E-state index in [4.69, 9.17) is 0 Å². The Kier molecular flexibility index (Phi) is 6.53. The normalized spacial score (nSPS) is 10.5. The molecule has 0 amide bonds. The van der Waals surface area contributed by atoms with Gasteiger partial charge in [0.25, 0.3) is 0 Å². The van der Waals surface area contributed by atoms with Crippen LogP contribution in [0.1, 0.15) is 31.7 Å². The Hall–Kier alpha value is -2.95. The van der Waals surface area contributed by atoms with Crippen LogP contribution >= 0.6 is 0 Å². The van der Waals surface area contributed by atoms with Gasteiger partial charge in [0.15, 0.2) is 5.82 Å². The molecule has 26 heavy (non-hydrogen) atoms. The van der Waals surface area contributed by atoms with E-state index in [1.54, 1.807) is 6.20 Å². The van der Waals surface area contributed by atoms with Crippen LogP contribution in [0.25, 0.3) is 11.4 Å². The topological polar surface area (TPSA) is 62.7 Å². The number of nitrogens with zero attached hydrogens (tertiary/aromatic N) is 3. The first kappa shape index (κ1) is 17.9. The van der Waals surface area contributed by atoms with E-state index in [0.717, 1.165) is 41.6 Å². The van der Waals surface area contributed by atoms with E-state index in [-0.39, 0.29) is 0 Å². The number of hydrogen-bond acceptors (Lipinski definition) is 5. The summed E-state index contributed by atoms with van der Waals surface area (Å²) in [6.07, 6.45) is 7.20. The second-order valence-electron chi connectivity index (χ2n) is 6.18. The molecule has 3 rings (SSSR count). The Bertz CT molecular complexity index is 790. The van der Waals surface area contributed by atoms with E-state index in [9.17, 15) is 0 Å². The lowest BCUT2D eigenvalue weighted by Gasteiger charge is -2.11. The van der Waals surface area contributed by atoms with Crippen LogP contribution < -0.4 is 10.6 Å². The zero-order valence-corrected chi connectivity index (χ0v) is 15.2. The summed E-state index contributed by atoms with van der Waals surface area (Å²) in [5.74, 6) is 2.38. The molecule has 0 aliphatic rings. The van der Waals surface area contributed by atoms with Crippen LogP contribution in [0.2, 0.25) is 0 Å². The first-order valence-electron chi connectivity index (χ1n) is 9.16. The van der Waals surface area contributed by atoms with Gasteiger partial charge in [-0.1, -0.05) is 56.2 Å². The zero-order chi connectivity index (χ0) is 18.0. The SMILES string of the molecule is CCCCCNc1cc(NCc2cccnc2)nc(-c2ccccc2)n1. The lowest BCUT2D eigenvalue weighted by atomic mass is 10.2. The number of benzene rings is 1. The van der Waals surface area contributed by atoms with E-state index >= 15 is 0 Å². The second-order valence-corrected chi connectivity index (χ2v) is 6.18. The maximum absolute atomic E-state index is 4.68. The van der Waals surface area contributed by atoms with Gasteiger partial charge in [-0.2, -0.15) is 0 Å². The Balaban J connectivity index is 1.77. The first-order chi connectivity index (χ1) is 12.8. The van der Waals surface area contributed by atoms with Crippen LogP contribution in [-0.4, -0.2) is 21.5 Å². The molecule has 3 aromatic rings. The van der Waals surface area contributed by atoms with Crippen LogP contribution in [0.4, 0.5) is 11.6 Å². The molecule has 2 N–H and O–H groups in total. The van der Waals surface area contributed by atoms with Crippen LogP contribution in [0.3, 0.4) is 0 Å². The van der Waals surface area contributed by atoms with Crippen LogP contribution in [0, 0.1) is 0 Å². The molecule has 0 unspecified atom stereocenters. The third-order valence-electron chi connectivity index (χ3n) is 4.04. The van der Waals surface area contributed by atoms with Crippen molar-refractivity contribution in [2.45, 2.75) is 32.7 Å². The van der Waals surface area contributed by atoms with Gasteiger partial charge in [0, 0.05) is 37.1 Å². The third-order valence-corrected chi connectivity index (χ3v) is 4.04. The standard InChI is InChI=1S/C21H25N5/c1-2-3-7-13-23-19-14-20(24-16-17-9-8-12-22-15-17)26-21(25-19)18-10-5-4-6-11-18/h4-6,8-12,14-15H,2-3,7,13,16H2,1H3,(H2,23,24,25,26). The van der Waals surface area contributed by atoms with E-state index in [1.165, 1.54) is 12.8 Å². The number of unbranched alkanes of at least 4 members (excludes halogenated alkanes) is 2. The zero-order valence-electron chi connectivity index (χ0n) is 15.2. The van der Waals surface area contributed by atoms with Crippen molar-refractivity contribution in [1.29, 1.82) is 0 Å². The summed E-state index contributed by atoms with van der Waals surface area (Å²) in [6, 6.07) is 16.0. The Morgan fingerprint density at radius 3 is 2.42 bits per heavy atom. The summed E-state index contributed by atoms with van der Waals surface area (Å²) in [5.41, 5.74) is 2.12. The molecule has 2 heterocycles. The number of pyridine rings is 1. The summed E-state index contributed by atoms with van der Waals surface area (Å²) in [6.45, 7) is 3.80. The monoisotopic (exact) mass is 347 g/mol.